The molecule has 1 aliphatic rings. The third-order valence-corrected chi connectivity index (χ3v) is 5.94. The van der Waals surface area contributed by atoms with Gasteiger partial charge < -0.3 is 19.9 Å². The molecule has 28 heavy (non-hydrogen) atoms. The van der Waals surface area contributed by atoms with Crippen LogP contribution < -0.4 is 15.0 Å². The number of ether oxygens (including phenoxy) is 1. The molecule has 146 valence electrons. The number of carbonyl (C=O) groups is 1. The Hall–Kier alpha value is -2.80. The minimum atomic E-state index is 0.134. The van der Waals surface area contributed by atoms with Crippen molar-refractivity contribution in [3.63, 3.8) is 0 Å². The average Bonchev–Trinajstić information content (AvgIpc) is 3.11. The fourth-order valence-electron chi connectivity index (χ4n) is 3.45. The van der Waals surface area contributed by atoms with E-state index in [0.717, 1.165) is 52.8 Å². The molecule has 1 aliphatic heterocycles. The van der Waals surface area contributed by atoms with E-state index in [9.17, 15) is 4.79 Å². The molecule has 0 aliphatic carbocycles. The van der Waals surface area contributed by atoms with Crippen LogP contribution >= 0.6 is 11.3 Å². The van der Waals surface area contributed by atoms with Crippen LogP contribution in [-0.2, 0) is 4.79 Å². The molecule has 2 aromatic carbocycles. The highest BCUT2D eigenvalue weighted by molar-refractivity contribution is 7.18. The maximum absolute atomic E-state index is 12.6. The number of fused-ring (bicyclic) bond motifs is 1. The first kappa shape index (κ1) is 18.6. The van der Waals surface area contributed by atoms with Crippen molar-refractivity contribution in [3.05, 3.63) is 47.5 Å². The van der Waals surface area contributed by atoms with Crippen molar-refractivity contribution in [2.75, 3.05) is 50.1 Å². The number of carbonyl (C=O) groups excluding carboxylic acids is 1. The van der Waals surface area contributed by atoms with Crippen LogP contribution in [0.2, 0.25) is 0 Å². The molecule has 0 bridgehead atoms. The number of thiazole rings is 1. The molecule has 7 heteroatoms. The zero-order valence-electron chi connectivity index (χ0n) is 16.1. The van der Waals surface area contributed by atoms with Crippen molar-refractivity contribution in [2.45, 2.75) is 6.92 Å². The first-order chi connectivity index (χ1) is 13.6. The minimum absolute atomic E-state index is 0.134. The van der Waals surface area contributed by atoms with Gasteiger partial charge in [-0.05, 0) is 49.4 Å². The van der Waals surface area contributed by atoms with Gasteiger partial charge in [0.15, 0.2) is 0 Å². The highest BCUT2D eigenvalue weighted by atomic mass is 32.1. The number of amides is 1. The molecule has 0 radical (unpaired) electrons. The van der Waals surface area contributed by atoms with Crippen molar-refractivity contribution in [1.29, 1.82) is 0 Å². The van der Waals surface area contributed by atoms with E-state index >= 15 is 0 Å². The largest absolute Gasteiger partial charge is 0.497 e. The molecule has 1 N–H and O–H groups in total. The van der Waals surface area contributed by atoms with E-state index in [1.54, 1.807) is 18.4 Å². The average molecular weight is 397 g/mol. The Bertz CT molecular complexity index is 962. The molecule has 1 aromatic heterocycles. The first-order valence-corrected chi connectivity index (χ1v) is 10.2. The van der Waals surface area contributed by atoms with Crippen molar-refractivity contribution in [1.82, 2.24) is 9.88 Å². The normalized spacial score (nSPS) is 14.4. The fraction of sp³-hybridized carbons (Fsp3) is 0.333. The van der Waals surface area contributed by atoms with E-state index in [-0.39, 0.29) is 5.91 Å². The van der Waals surface area contributed by atoms with Gasteiger partial charge in [-0.15, -0.1) is 11.3 Å². The lowest BCUT2D eigenvalue weighted by atomic mass is 10.2. The molecule has 1 amide bonds. The summed E-state index contributed by atoms with van der Waals surface area (Å²) in [4.78, 5) is 21.3. The maximum atomic E-state index is 12.6. The van der Waals surface area contributed by atoms with Crippen molar-refractivity contribution in [2.24, 2.45) is 0 Å². The van der Waals surface area contributed by atoms with Crippen LogP contribution in [0.1, 0.15) is 5.01 Å². The Morgan fingerprint density at radius 1 is 1.14 bits per heavy atom. The van der Waals surface area contributed by atoms with Gasteiger partial charge in [0.05, 0.1) is 28.9 Å². The third-order valence-electron chi connectivity index (χ3n) is 5.01. The van der Waals surface area contributed by atoms with Gasteiger partial charge in [0.1, 0.15) is 5.75 Å². The monoisotopic (exact) mass is 396 g/mol. The van der Waals surface area contributed by atoms with Crippen LogP contribution in [0.3, 0.4) is 0 Å². The number of nitrogens with zero attached hydrogens (tertiary/aromatic N) is 3. The van der Waals surface area contributed by atoms with E-state index in [0.29, 0.717) is 6.54 Å². The molecule has 4 rings (SSSR count). The summed E-state index contributed by atoms with van der Waals surface area (Å²) in [6, 6.07) is 14.1. The Morgan fingerprint density at radius 3 is 2.61 bits per heavy atom. The highest BCUT2D eigenvalue weighted by Crippen LogP contribution is 2.25. The van der Waals surface area contributed by atoms with E-state index in [1.807, 2.05) is 36.1 Å². The summed E-state index contributed by atoms with van der Waals surface area (Å²) in [5.74, 6) is 0.991. The lowest BCUT2D eigenvalue weighted by Crippen LogP contribution is -2.50. The van der Waals surface area contributed by atoms with Crippen molar-refractivity contribution >= 4 is 38.8 Å². The zero-order chi connectivity index (χ0) is 19.5. The molecule has 6 nitrogen and oxygen atoms in total. The summed E-state index contributed by atoms with van der Waals surface area (Å²) in [6.07, 6.45) is 0. The Kier molecular flexibility index (Phi) is 5.34. The lowest BCUT2D eigenvalue weighted by Gasteiger charge is -2.36. The van der Waals surface area contributed by atoms with E-state index in [1.165, 1.54) is 5.69 Å². The lowest BCUT2D eigenvalue weighted by molar-refractivity contribution is -0.129. The van der Waals surface area contributed by atoms with Crippen LogP contribution in [0.25, 0.3) is 10.2 Å². The Morgan fingerprint density at radius 2 is 1.89 bits per heavy atom. The molecule has 1 fully saturated rings. The number of hydrogen-bond acceptors (Lipinski definition) is 6. The van der Waals surface area contributed by atoms with E-state index < -0.39 is 0 Å². The number of piperazine rings is 1. The van der Waals surface area contributed by atoms with Crippen LogP contribution in [0.4, 0.5) is 11.4 Å². The fourth-order valence-corrected chi connectivity index (χ4v) is 4.31. The topological polar surface area (TPSA) is 57.7 Å². The van der Waals surface area contributed by atoms with Crippen LogP contribution in [0.15, 0.2) is 42.5 Å². The maximum Gasteiger partial charge on any atom is 0.241 e. The standard InChI is InChI=1S/C21H24N4O2S/c1-15-23-19-8-3-16(13-20(19)28-15)22-14-21(26)25-11-9-24(10-12-25)17-4-6-18(27-2)7-5-17/h3-8,13,22H,9-12,14H2,1-2H3. The number of rotatable bonds is 5. The Labute approximate surface area is 168 Å². The number of methoxy groups -OCH3 is 1. The molecule has 1 saturated heterocycles. The highest BCUT2D eigenvalue weighted by Gasteiger charge is 2.21. The molecular weight excluding hydrogens is 372 g/mol. The van der Waals surface area contributed by atoms with Gasteiger partial charge in [-0.25, -0.2) is 4.98 Å². The summed E-state index contributed by atoms with van der Waals surface area (Å²) in [5.41, 5.74) is 3.13. The van der Waals surface area contributed by atoms with Crippen LogP contribution in [-0.4, -0.2) is 55.6 Å². The number of aryl methyl sites for hydroxylation is 1. The molecular formula is C21H24N4O2S. The van der Waals surface area contributed by atoms with Gasteiger partial charge in [-0.3, -0.25) is 4.79 Å². The summed E-state index contributed by atoms with van der Waals surface area (Å²) < 4.78 is 6.35. The summed E-state index contributed by atoms with van der Waals surface area (Å²) in [5, 5.41) is 4.31. The molecule has 2 heterocycles. The van der Waals surface area contributed by atoms with Gasteiger partial charge in [-0.1, -0.05) is 0 Å². The van der Waals surface area contributed by atoms with Gasteiger partial charge >= 0.3 is 0 Å². The van der Waals surface area contributed by atoms with Gasteiger partial charge in [0, 0.05) is 37.6 Å². The number of benzene rings is 2. The van der Waals surface area contributed by atoms with Crippen molar-refractivity contribution < 1.29 is 9.53 Å². The quantitative estimate of drug-likeness (QED) is 0.717. The number of anilines is 2. The van der Waals surface area contributed by atoms with Gasteiger partial charge in [-0.2, -0.15) is 0 Å². The first-order valence-electron chi connectivity index (χ1n) is 9.40. The summed E-state index contributed by atoms with van der Waals surface area (Å²) in [6.45, 7) is 5.46. The molecule has 0 atom stereocenters. The number of nitrogens with one attached hydrogen (secondary N) is 1. The third kappa shape index (κ3) is 4.04. The number of aromatic nitrogens is 1. The smallest absolute Gasteiger partial charge is 0.241 e. The summed E-state index contributed by atoms with van der Waals surface area (Å²) >= 11 is 1.67. The van der Waals surface area contributed by atoms with Crippen LogP contribution in [0, 0.1) is 6.92 Å². The van der Waals surface area contributed by atoms with E-state index in [4.69, 9.17) is 4.74 Å². The minimum Gasteiger partial charge on any atom is -0.497 e. The van der Waals surface area contributed by atoms with Gasteiger partial charge in [0.2, 0.25) is 5.91 Å². The second-order valence-corrected chi connectivity index (χ2v) is 8.07. The second-order valence-electron chi connectivity index (χ2n) is 6.83. The number of hydrogen-bond donors (Lipinski definition) is 1. The van der Waals surface area contributed by atoms with Crippen molar-refractivity contribution in [3.8, 4) is 5.75 Å². The second kappa shape index (κ2) is 8.06. The predicted octanol–water partition coefficient (Wildman–Crippen LogP) is 3.37. The Balaban J connectivity index is 1.29. The predicted molar refractivity (Wildman–Crippen MR) is 115 cm³/mol. The molecule has 0 spiro atoms. The summed E-state index contributed by atoms with van der Waals surface area (Å²) in [7, 11) is 1.67. The molecule has 0 saturated carbocycles. The van der Waals surface area contributed by atoms with Crippen LogP contribution in [0.5, 0.6) is 5.75 Å². The SMILES string of the molecule is COc1ccc(N2CCN(C(=O)CNc3ccc4nc(C)sc4c3)CC2)cc1. The van der Waals surface area contributed by atoms with E-state index in [2.05, 4.69) is 33.4 Å². The van der Waals surface area contributed by atoms with Gasteiger partial charge in [0.25, 0.3) is 0 Å². The molecule has 0 unspecified atom stereocenters. The molecule has 3 aromatic rings. The zero-order valence-corrected chi connectivity index (χ0v) is 17.0.